The Labute approximate surface area is 75.2 Å². The number of halogens is 1. The number of benzene rings is 1. The molecule has 0 aromatic heterocycles. The molecule has 0 saturated heterocycles. The van der Waals surface area contributed by atoms with Gasteiger partial charge < -0.3 is 0 Å². The molecule has 1 aromatic rings. The Hall–Kier alpha value is -1.01. The summed E-state index contributed by atoms with van der Waals surface area (Å²) in [5, 5.41) is 8.62. The molecule has 0 aliphatic heterocycles. The minimum Gasteiger partial charge on any atom is -0.206 e. The van der Waals surface area contributed by atoms with Crippen LogP contribution in [0.5, 0.6) is 0 Å². The maximum Gasteiger partial charge on any atom is 0.141 e. The second-order valence-electron chi connectivity index (χ2n) is 2.36. The van der Waals surface area contributed by atoms with Crippen LogP contribution in [0.2, 0.25) is 0 Å². The van der Waals surface area contributed by atoms with E-state index in [-0.39, 0.29) is 5.56 Å². The predicted octanol–water partition coefficient (Wildman–Crippen LogP) is 2.73. The monoisotopic (exact) mass is 181 g/mol. The summed E-state index contributed by atoms with van der Waals surface area (Å²) in [6, 6.07) is 4.87. The molecule has 1 nitrogen and oxygen atoms in total. The third-order valence-corrected chi connectivity index (χ3v) is 2.58. The van der Waals surface area contributed by atoms with E-state index in [1.165, 1.54) is 17.8 Å². The molecular weight excluding hydrogens is 173 g/mol. The molecule has 0 aliphatic carbocycles. The lowest BCUT2D eigenvalue weighted by molar-refractivity contribution is 0.621. The molecule has 0 heterocycles. The van der Waals surface area contributed by atoms with E-state index < -0.39 is 5.82 Å². The highest BCUT2D eigenvalue weighted by molar-refractivity contribution is 7.98. The van der Waals surface area contributed by atoms with Crippen LogP contribution in [0.1, 0.15) is 11.1 Å². The fourth-order valence-electron chi connectivity index (χ4n) is 1.02. The lowest BCUT2D eigenvalue weighted by Crippen LogP contribution is -1.90. The van der Waals surface area contributed by atoms with E-state index in [2.05, 4.69) is 0 Å². The second-order valence-corrected chi connectivity index (χ2v) is 3.21. The largest absolute Gasteiger partial charge is 0.206 e. The van der Waals surface area contributed by atoms with Gasteiger partial charge in [0.05, 0.1) is 5.56 Å². The Morgan fingerprint density at radius 3 is 2.67 bits per heavy atom. The molecule has 0 bridgehead atoms. The summed E-state index contributed by atoms with van der Waals surface area (Å²) in [7, 11) is 0. The maximum atomic E-state index is 12.9. The van der Waals surface area contributed by atoms with Gasteiger partial charge in [-0.2, -0.15) is 5.26 Å². The van der Waals surface area contributed by atoms with Crippen LogP contribution in [0, 0.1) is 24.1 Å². The standard InChI is InChI=1S/C9H8FNS/c1-6-7(5-11)8(10)3-4-9(6)12-2/h3-4H,1-2H3. The van der Waals surface area contributed by atoms with Gasteiger partial charge in [-0.3, -0.25) is 0 Å². The molecule has 0 spiro atoms. The average molecular weight is 181 g/mol. The van der Waals surface area contributed by atoms with Gasteiger partial charge in [-0.15, -0.1) is 11.8 Å². The highest BCUT2D eigenvalue weighted by atomic mass is 32.2. The first-order valence-electron chi connectivity index (χ1n) is 3.44. The summed E-state index contributed by atoms with van der Waals surface area (Å²) >= 11 is 1.52. The van der Waals surface area contributed by atoms with Gasteiger partial charge in [-0.25, -0.2) is 4.39 Å². The van der Waals surface area contributed by atoms with Crippen molar-refractivity contribution in [2.45, 2.75) is 11.8 Å². The molecule has 3 heteroatoms. The van der Waals surface area contributed by atoms with Crippen LogP contribution in [-0.2, 0) is 0 Å². The summed E-state index contributed by atoms with van der Waals surface area (Å²) in [6.45, 7) is 1.76. The molecule has 0 atom stereocenters. The SMILES string of the molecule is CSc1ccc(F)c(C#N)c1C. The lowest BCUT2D eigenvalue weighted by atomic mass is 10.1. The van der Waals surface area contributed by atoms with Gasteiger partial charge in [-0.1, -0.05) is 0 Å². The molecule has 0 radical (unpaired) electrons. The molecule has 1 aromatic carbocycles. The molecule has 0 unspecified atom stereocenters. The Morgan fingerprint density at radius 2 is 2.17 bits per heavy atom. The van der Waals surface area contributed by atoms with Crippen molar-refractivity contribution in [3.8, 4) is 6.07 Å². The lowest BCUT2D eigenvalue weighted by Gasteiger charge is -2.03. The van der Waals surface area contributed by atoms with Gasteiger partial charge in [0.25, 0.3) is 0 Å². The molecule has 0 aliphatic rings. The topological polar surface area (TPSA) is 23.8 Å². The number of hydrogen-bond donors (Lipinski definition) is 0. The first-order valence-corrected chi connectivity index (χ1v) is 4.66. The third-order valence-electron chi connectivity index (χ3n) is 1.70. The Kier molecular flexibility index (Phi) is 2.72. The van der Waals surface area contributed by atoms with E-state index in [9.17, 15) is 4.39 Å². The van der Waals surface area contributed by atoms with E-state index >= 15 is 0 Å². The van der Waals surface area contributed by atoms with Crippen molar-refractivity contribution >= 4 is 11.8 Å². The van der Waals surface area contributed by atoms with Crippen LogP contribution < -0.4 is 0 Å². The Morgan fingerprint density at radius 1 is 1.50 bits per heavy atom. The van der Waals surface area contributed by atoms with Crippen molar-refractivity contribution in [3.05, 3.63) is 29.1 Å². The Balaban J connectivity index is 3.36. The van der Waals surface area contributed by atoms with E-state index in [0.717, 1.165) is 10.5 Å². The second kappa shape index (κ2) is 3.59. The molecule has 1 rings (SSSR count). The van der Waals surface area contributed by atoms with Crippen LogP contribution in [0.25, 0.3) is 0 Å². The number of rotatable bonds is 1. The summed E-state index contributed by atoms with van der Waals surface area (Å²) in [4.78, 5) is 0.952. The van der Waals surface area contributed by atoms with E-state index in [1.807, 2.05) is 12.3 Å². The molecule has 0 N–H and O–H groups in total. The molecular formula is C9H8FNS. The number of nitrogens with zero attached hydrogens (tertiary/aromatic N) is 1. The summed E-state index contributed by atoms with van der Waals surface area (Å²) in [5.74, 6) is -0.437. The maximum absolute atomic E-state index is 12.9. The fraction of sp³-hybridized carbons (Fsp3) is 0.222. The molecule has 0 amide bonds. The Bertz CT molecular complexity index is 341. The van der Waals surface area contributed by atoms with Crippen molar-refractivity contribution in [1.82, 2.24) is 0 Å². The van der Waals surface area contributed by atoms with Gasteiger partial charge >= 0.3 is 0 Å². The molecule has 12 heavy (non-hydrogen) atoms. The first kappa shape index (κ1) is 9.08. The van der Waals surface area contributed by atoms with Crippen molar-refractivity contribution < 1.29 is 4.39 Å². The highest BCUT2D eigenvalue weighted by Gasteiger charge is 2.07. The predicted molar refractivity (Wildman–Crippen MR) is 47.6 cm³/mol. The number of hydrogen-bond acceptors (Lipinski definition) is 2. The fourth-order valence-corrected chi connectivity index (χ4v) is 1.63. The number of nitriles is 1. The van der Waals surface area contributed by atoms with E-state index in [0.29, 0.717) is 0 Å². The molecule has 62 valence electrons. The van der Waals surface area contributed by atoms with Gasteiger partial charge in [0.2, 0.25) is 0 Å². The van der Waals surface area contributed by atoms with Gasteiger partial charge in [0.15, 0.2) is 0 Å². The minimum atomic E-state index is -0.437. The number of thioether (sulfide) groups is 1. The van der Waals surface area contributed by atoms with Crippen molar-refractivity contribution in [2.75, 3.05) is 6.26 Å². The van der Waals surface area contributed by atoms with Crippen LogP contribution in [0.15, 0.2) is 17.0 Å². The van der Waals surface area contributed by atoms with Crippen LogP contribution in [0.3, 0.4) is 0 Å². The zero-order valence-corrected chi connectivity index (χ0v) is 7.70. The third kappa shape index (κ3) is 1.44. The van der Waals surface area contributed by atoms with Gasteiger partial charge in [-0.05, 0) is 30.9 Å². The first-order chi connectivity index (χ1) is 5.70. The quantitative estimate of drug-likeness (QED) is 0.622. The summed E-state index contributed by atoms with van der Waals surface area (Å²) in [6.07, 6.45) is 1.90. The normalized spacial score (nSPS) is 9.50. The van der Waals surface area contributed by atoms with Crippen molar-refractivity contribution in [2.24, 2.45) is 0 Å². The molecule has 0 fully saturated rings. The van der Waals surface area contributed by atoms with Crippen molar-refractivity contribution in [1.29, 1.82) is 5.26 Å². The summed E-state index contributed by atoms with van der Waals surface area (Å²) < 4.78 is 12.9. The van der Waals surface area contributed by atoms with Crippen molar-refractivity contribution in [3.63, 3.8) is 0 Å². The minimum absolute atomic E-state index is 0.154. The van der Waals surface area contributed by atoms with E-state index in [1.54, 1.807) is 13.0 Å². The zero-order valence-electron chi connectivity index (χ0n) is 6.89. The highest BCUT2D eigenvalue weighted by Crippen LogP contribution is 2.23. The van der Waals surface area contributed by atoms with Crippen LogP contribution in [-0.4, -0.2) is 6.26 Å². The average Bonchev–Trinajstić information content (AvgIpc) is 2.06. The molecule has 0 saturated carbocycles. The smallest absolute Gasteiger partial charge is 0.141 e. The zero-order chi connectivity index (χ0) is 9.14. The van der Waals surface area contributed by atoms with Gasteiger partial charge in [0.1, 0.15) is 11.9 Å². The van der Waals surface area contributed by atoms with Gasteiger partial charge in [0, 0.05) is 4.90 Å². The van der Waals surface area contributed by atoms with Crippen LogP contribution in [0.4, 0.5) is 4.39 Å². The van der Waals surface area contributed by atoms with E-state index in [4.69, 9.17) is 5.26 Å². The van der Waals surface area contributed by atoms with Crippen LogP contribution >= 0.6 is 11.8 Å². The summed E-state index contributed by atoms with van der Waals surface area (Å²) in [5.41, 5.74) is 0.881.